The molecule has 1 N–H and O–H groups in total. The molecular formula is C8H12F3NO2. The Kier molecular flexibility index (Phi) is 2.76. The fourth-order valence-electron chi connectivity index (χ4n) is 1.35. The Labute approximate surface area is 79.5 Å². The van der Waals surface area contributed by atoms with Gasteiger partial charge in [-0.15, -0.1) is 0 Å². The summed E-state index contributed by atoms with van der Waals surface area (Å²) in [6.07, 6.45) is -5.45. The molecule has 0 unspecified atom stereocenters. The van der Waals surface area contributed by atoms with Gasteiger partial charge >= 0.3 is 6.18 Å². The van der Waals surface area contributed by atoms with Crippen molar-refractivity contribution in [2.24, 2.45) is 0 Å². The molecule has 14 heavy (non-hydrogen) atoms. The van der Waals surface area contributed by atoms with E-state index in [1.807, 2.05) is 0 Å². The highest BCUT2D eigenvalue weighted by Gasteiger charge is 2.44. The van der Waals surface area contributed by atoms with Gasteiger partial charge in [-0.3, -0.25) is 4.79 Å². The predicted molar refractivity (Wildman–Crippen MR) is 42.5 cm³/mol. The van der Waals surface area contributed by atoms with Gasteiger partial charge in [0, 0.05) is 0 Å². The van der Waals surface area contributed by atoms with Crippen LogP contribution in [0.3, 0.4) is 0 Å². The number of carbonyl (C=O) groups excluding carboxylic acids is 1. The number of likely N-dealkylation sites (tertiary alicyclic amines) is 1. The number of amides is 1. The molecule has 0 aliphatic carbocycles. The van der Waals surface area contributed by atoms with Crippen molar-refractivity contribution in [3.63, 3.8) is 0 Å². The fourth-order valence-corrected chi connectivity index (χ4v) is 1.35. The summed E-state index contributed by atoms with van der Waals surface area (Å²) in [4.78, 5) is 12.0. The highest BCUT2D eigenvalue weighted by atomic mass is 19.4. The van der Waals surface area contributed by atoms with E-state index in [4.69, 9.17) is 0 Å². The summed E-state index contributed by atoms with van der Waals surface area (Å²) < 4.78 is 35.4. The first kappa shape index (κ1) is 11.3. The molecule has 0 aromatic heterocycles. The number of halogens is 3. The maximum absolute atomic E-state index is 11.8. The zero-order valence-corrected chi connectivity index (χ0v) is 7.76. The van der Waals surface area contributed by atoms with Crippen LogP contribution >= 0.6 is 0 Å². The third kappa shape index (κ3) is 2.60. The fraction of sp³-hybridized carbons (Fsp3) is 0.875. The molecule has 1 fully saturated rings. The number of rotatable bonds is 2. The second-order valence-corrected chi connectivity index (χ2v) is 3.62. The minimum atomic E-state index is -4.46. The zero-order chi connectivity index (χ0) is 11.0. The van der Waals surface area contributed by atoms with Crippen molar-refractivity contribution in [1.82, 2.24) is 4.90 Å². The predicted octanol–water partition coefficient (Wildman–Crippen LogP) is 0.922. The molecular weight excluding hydrogens is 199 g/mol. The third-order valence-electron chi connectivity index (χ3n) is 2.33. The van der Waals surface area contributed by atoms with E-state index in [0.717, 1.165) is 4.90 Å². The second-order valence-electron chi connectivity index (χ2n) is 3.62. The van der Waals surface area contributed by atoms with Crippen molar-refractivity contribution in [2.45, 2.75) is 31.5 Å². The minimum Gasteiger partial charge on any atom is -0.386 e. The van der Waals surface area contributed by atoms with E-state index in [9.17, 15) is 23.1 Å². The summed E-state index contributed by atoms with van der Waals surface area (Å²) in [6, 6.07) is 0. The quantitative estimate of drug-likeness (QED) is 0.737. The van der Waals surface area contributed by atoms with Crippen molar-refractivity contribution < 1.29 is 23.1 Å². The van der Waals surface area contributed by atoms with E-state index in [-0.39, 0.29) is 13.1 Å². The summed E-state index contributed by atoms with van der Waals surface area (Å²) in [5, 5.41) is 9.46. The van der Waals surface area contributed by atoms with E-state index in [1.54, 1.807) is 6.92 Å². The van der Waals surface area contributed by atoms with E-state index in [2.05, 4.69) is 0 Å². The monoisotopic (exact) mass is 211 g/mol. The highest BCUT2D eigenvalue weighted by Crippen LogP contribution is 2.27. The summed E-state index contributed by atoms with van der Waals surface area (Å²) >= 11 is 0. The maximum atomic E-state index is 11.8. The molecule has 1 heterocycles. The first-order chi connectivity index (χ1) is 6.26. The average molecular weight is 211 g/mol. The van der Waals surface area contributed by atoms with Gasteiger partial charge in [-0.05, 0) is 6.42 Å². The molecule has 82 valence electrons. The average Bonchev–Trinajstić information content (AvgIpc) is 1.95. The number of β-amino-alcohol motifs (C(OH)–C–C–N with tert-alkyl or cyclic N) is 1. The van der Waals surface area contributed by atoms with Gasteiger partial charge in [0.15, 0.2) is 0 Å². The van der Waals surface area contributed by atoms with Gasteiger partial charge in [-0.2, -0.15) is 13.2 Å². The number of hydrogen-bond donors (Lipinski definition) is 1. The molecule has 0 atom stereocenters. The van der Waals surface area contributed by atoms with Crippen LogP contribution in [0.4, 0.5) is 13.2 Å². The lowest BCUT2D eigenvalue weighted by Gasteiger charge is -2.46. The third-order valence-corrected chi connectivity index (χ3v) is 2.33. The molecule has 6 heteroatoms. The van der Waals surface area contributed by atoms with E-state index >= 15 is 0 Å². The second kappa shape index (κ2) is 3.42. The maximum Gasteiger partial charge on any atom is 0.397 e. The Morgan fingerprint density at radius 1 is 1.50 bits per heavy atom. The number of nitrogens with zero attached hydrogens (tertiary/aromatic N) is 1. The largest absolute Gasteiger partial charge is 0.397 e. The summed E-state index contributed by atoms with van der Waals surface area (Å²) in [5.41, 5.74) is -0.971. The van der Waals surface area contributed by atoms with Crippen molar-refractivity contribution >= 4 is 5.91 Å². The standard InChI is InChI=1S/C8H12F3NO2/c1-2-7(14)4-12(5-7)6(13)3-8(9,10)11/h14H,2-5H2,1H3. The Hall–Kier alpha value is -0.780. The molecule has 0 aromatic rings. The Morgan fingerprint density at radius 2 is 2.00 bits per heavy atom. The number of alkyl halides is 3. The van der Waals surface area contributed by atoms with Crippen molar-refractivity contribution in [3.8, 4) is 0 Å². The van der Waals surface area contributed by atoms with Crippen LogP contribution in [0.25, 0.3) is 0 Å². The Bertz CT molecular complexity index is 233. The van der Waals surface area contributed by atoms with E-state index in [0.29, 0.717) is 6.42 Å². The van der Waals surface area contributed by atoms with Gasteiger partial charge in [-0.25, -0.2) is 0 Å². The molecule has 0 saturated carbocycles. The lowest BCUT2D eigenvalue weighted by atomic mass is 9.91. The van der Waals surface area contributed by atoms with Gasteiger partial charge in [-0.1, -0.05) is 6.92 Å². The molecule has 1 amide bonds. The Morgan fingerprint density at radius 3 is 2.36 bits per heavy atom. The summed E-state index contributed by atoms with van der Waals surface area (Å²) in [6.45, 7) is 1.75. The number of carbonyl (C=O) groups is 1. The van der Waals surface area contributed by atoms with Crippen molar-refractivity contribution in [1.29, 1.82) is 0 Å². The van der Waals surface area contributed by atoms with Gasteiger partial charge in [0.1, 0.15) is 6.42 Å². The minimum absolute atomic E-state index is 0.0123. The van der Waals surface area contributed by atoms with Gasteiger partial charge in [0.2, 0.25) is 5.91 Å². The lowest BCUT2D eigenvalue weighted by Crippen LogP contribution is -2.63. The van der Waals surface area contributed by atoms with Crippen molar-refractivity contribution in [2.75, 3.05) is 13.1 Å². The van der Waals surface area contributed by atoms with Crippen LogP contribution in [-0.2, 0) is 4.79 Å². The van der Waals surface area contributed by atoms with E-state index < -0.39 is 24.1 Å². The summed E-state index contributed by atoms with van der Waals surface area (Å²) in [7, 11) is 0. The first-order valence-corrected chi connectivity index (χ1v) is 4.33. The lowest BCUT2D eigenvalue weighted by molar-refractivity contribution is -0.177. The van der Waals surface area contributed by atoms with Crippen LogP contribution in [0.15, 0.2) is 0 Å². The van der Waals surface area contributed by atoms with Gasteiger partial charge in [0.25, 0.3) is 0 Å². The number of aliphatic hydroxyl groups is 1. The molecule has 1 aliphatic rings. The first-order valence-electron chi connectivity index (χ1n) is 4.33. The van der Waals surface area contributed by atoms with Gasteiger partial charge in [0.05, 0.1) is 18.7 Å². The molecule has 1 saturated heterocycles. The van der Waals surface area contributed by atoms with Crippen molar-refractivity contribution in [3.05, 3.63) is 0 Å². The number of hydrogen-bond acceptors (Lipinski definition) is 2. The molecule has 1 aliphatic heterocycles. The Balaban J connectivity index is 2.37. The normalized spacial score (nSPS) is 20.5. The van der Waals surface area contributed by atoms with Crippen LogP contribution in [-0.4, -0.2) is 40.8 Å². The SMILES string of the molecule is CCC1(O)CN(C(=O)CC(F)(F)F)C1. The van der Waals surface area contributed by atoms with Crippen LogP contribution < -0.4 is 0 Å². The molecule has 0 bridgehead atoms. The molecule has 1 rings (SSSR count). The zero-order valence-electron chi connectivity index (χ0n) is 7.76. The molecule has 0 radical (unpaired) electrons. The molecule has 0 spiro atoms. The van der Waals surface area contributed by atoms with E-state index in [1.165, 1.54) is 0 Å². The highest BCUT2D eigenvalue weighted by molar-refractivity contribution is 5.78. The van der Waals surface area contributed by atoms with Crippen LogP contribution in [0.1, 0.15) is 19.8 Å². The van der Waals surface area contributed by atoms with Crippen LogP contribution in [0.5, 0.6) is 0 Å². The van der Waals surface area contributed by atoms with Crippen LogP contribution in [0, 0.1) is 0 Å². The van der Waals surface area contributed by atoms with Crippen LogP contribution in [0.2, 0.25) is 0 Å². The van der Waals surface area contributed by atoms with Gasteiger partial charge < -0.3 is 10.0 Å². The smallest absolute Gasteiger partial charge is 0.386 e. The molecule has 3 nitrogen and oxygen atoms in total. The summed E-state index contributed by atoms with van der Waals surface area (Å²) in [5.74, 6) is -0.962. The topological polar surface area (TPSA) is 40.5 Å². The molecule has 0 aromatic carbocycles.